The van der Waals surface area contributed by atoms with Crippen molar-refractivity contribution >= 4 is 17.5 Å². The first-order valence-electron chi connectivity index (χ1n) is 12.0. The third-order valence-electron chi connectivity index (χ3n) is 7.33. The fraction of sp³-hybridized carbons (Fsp3) is 0.808. The van der Waals surface area contributed by atoms with Gasteiger partial charge in [-0.1, -0.05) is 32.4 Å². The van der Waals surface area contributed by atoms with Crippen LogP contribution in [0.4, 0.5) is 0 Å². The fourth-order valence-corrected chi connectivity index (χ4v) is 5.16. The van der Waals surface area contributed by atoms with Gasteiger partial charge in [-0.2, -0.15) is 0 Å². The van der Waals surface area contributed by atoms with Crippen molar-refractivity contribution in [3.8, 4) is 0 Å². The molecular weight excluding hydrogens is 424 g/mol. The minimum atomic E-state index is -0.565. The lowest BCUT2D eigenvalue weighted by Crippen LogP contribution is -2.55. The number of hydrogen-bond donors (Lipinski definition) is 0. The van der Waals surface area contributed by atoms with Gasteiger partial charge in [-0.3, -0.25) is 14.4 Å². The van der Waals surface area contributed by atoms with E-state index in [1.54, 1.807) is 7.11 Å². The average molecular weight is 465 g/mol. The third-order valence-corrected chi connectivity index (χ3v) is 7.33. The number of Topliss-reactive ketones (excluding diaryl/α,β-unsaturated/α-hetero) is 2. The lowest BCUT2D eigenvalue weighted by molar-refractivity contribution is -0.172. The molecule has 0 unspecified atom stereocenters. The van der Waals surface area contributed by atoms with Crippen LogP contribution >= 0.6 is 0 Å². The topological polar surface area (TPSA) is 94.7 Å². The Kier molecular flexibility index (Phi) is 7.57. The number of epoxide rings is 2. The molecule has 0 N–H and O–H groups in total. The van der Waals surface area contributed by atoms with E-state index in [2.05, 4.69) is 26.8 Å². The number of esters is 1. The first-order valence-corrected chi connectivity index (χ1v) is 12.0. The average Bonchev–Trinajstić information content (AvgIpc) is 3.62. The van der Waals surface area contributed by atoms with Gasteiger partial charge in [0, 0.05) is 25.4 Å². The summed E-state index contributed by atoms with van der Waals surface area (Å²) in [5, 5.41) is 0. The SMILES string of the molecule is CO[C@@H]1[C@H](OC(=O)CC(=O)CCC(=O)C(C)(C)C)CC[C@]2(CO2)[C@H]1[C@]1(C)O[C@@H]1CC=C(C)C. The van der Waals surface area contributed by atoms with Crippen LogP contribution in [0.2, 0.25) is 0 Å². The van der Waals surface area contributed by atoms with Crippen molar-refractivity contribution < 1.29 is 33.3 Å². The fourth-order valence-electron chi connectivity index (χ4n) is 5.16. The number of ether oxygens (including phenoxy) is 4. The molecule has 0 bridgehead atoms. The predicted octanol–water partition coefficient (Wildman–Crippen LogP) is 3.96. The molecule has 7 heteroatoms. The van der Waals surface area contributed by atoms with E-state index in [-0.39, 0.29) is 54.6 Å². The molecule has 3 aliphatic rings. The summed E-state index contributed by atoms with van der Waals surface area (Å²) in [7, 11) is 1.63. The second-order valence-electron chi connectivity index (χ2n) is 11.3. The van der Waals surface area contributed by atoms with Crippen LogP contribution < -0.4 is 0 Å². The van der Waals surface area contributed by atoms with Crippen LogP contribution in [0.1, 0.15) is 80.1 Å². The first-order chi connectivity index (χ1) is 15.3. The molecule has 0 aromatic heterocycles. The van der Waals surface area contributed by atoms with Crippen molar-refractivity contribution in [1.29, 1.82) is 0 Å². The van der Waals surface area contributed by atoms with Gasteiger partial charge in [0.05, 0.1) is 18.6 Å². The largest absolute Gasteiger partial charge is 0.459 e. The van der Waals surface area contributed by atoms with Crippen LogP contribution in [-0.4, -0.2) is 60.8 Å². The van der Waals surface area contributed by atoms with Gasteiger partial charge in [-0.25, -0.2) is 0 Å². The Hall–Kier alpha value is -1.57. The van der Waals surface area contributed by atoms with Gasteiger partial charge in [0.1, 0.15) is 41.4 Å². The monoisotopic (exact) mass is 464 g/mol. The van der Waals surface area contributed by atoms with Crippen LogP contribution in [0, 0.1) is 11.3 Å². The Morgan fingerprint density at radius 1 is 1.15 bits per heavy atom. The lowest BCUT2D eigenvalue weighted by Gasteiger charge is -2.42. The van der Waals surface area contributed by atoms with E-state index in [1.165, 1.54) is 5.57 Å². The number of rotatable bonds is 10. The molecule has 0 aromatic carbocycles. The molecule has 3 rings (SSSR count). The molecule has 1 saturated carbocycles. The van der Waals surface area contributed by atoms with Gasteiger partial charge in [-0.05, 0) is 40.0 Å². The summed E-state index contributed by atoms with van der Waals surface area (Å²) in [4.78, 5) is 36.9. The summed E-state index contributed by atoms with van der Waals surface area (Å²) >= 11 is 0. The molecule has 0 aromatic rings. The maximum absolute atomic E-state index is 12.6. The first kappa shape index (κ1) is 26.0. The van der Waals surface area contributed by atoms with E-state index in [0.29, 0.717) is 13.0 Å². The summed E-state index contributed by atoms with van der Waals surface area (Å²) in [6.45, 7) is 12.4. The number of hydrogen-bond acceptors (Lipinski definition) is 7. The van der Waals surface area contributed by atoms with E-state index in [1.807, 2.05) is 20.8 Å². The Morgan fingerprint density at radius 3 is 2.36 bits per heavy atom. The summed E-state index contributed by atoms with van der Waals surface area (Å²) in [6.07, 6.45) is 3.50. The normalized spacial score (nSPS) is 35.1. The zero-order chi connectivity index (χ0) is 24.6. The highest BCUT2D eigenvalue weighted by Crippen LogP contribution is 2.59. The van der Waals surface area contributed by atoms with Crippen LogP contribution in [0.15, 0.2) is 11.6 Å². The van der Waals surface area contributed by atoms with Gasteiger partial charge in [0.25, 0.3) is 0 Å². The van der Waals surface area contributed by atoms with Gasteiger partial charge in [-0.15, -0.1) is 0 Å². The van der Waals surface area contributed by atoms with E-state index in [9.17, 15) is 14.4 Å². The third kappa shape index (κ3) is 5.92. The van der Waals surface area contributed by atoms with Crippen LogP contribution in [0.25, 0.3) is 0 Å². The van der Waals surface area contributed by atoms with Gasteiger partial charge < -0.3 is 18.9 Å². The lowest BCUT2D eigenvalue weighted by atomic mass is 9.68. The minimum Gasteiger partial charge on any atom is -0.459 e. The zero-order valence-corrected chi connectivity index (χ0v) is 21.2. The smallest absolute Gasteiger partial charge is 0.313 e. The molecule has 186 valence electrons. The molecule has 3 fully saturated rings. The molecule has 2 saturated heterocycles. The molecule has 1 spiro atoms. The van der Waals surface area contributed by atoms with Crippen molar-refractivity contribution in [3.05, 3.63) is 11.6 Å². The second-order valence-corrected chi connectivity index (χ2v) is 11.3. The highest BCUT2D eigenvalue weighted by atomic mass is 16.6. The van der Waals surface area contributed by atoms with E-state index < -0.39 is 23.1 Å². The summed E-state index contributed by atoms with van der Waals surface area (Å²) in [5.74, 6) is -0.893. The van der Waals surface area contributed by atoms with Crippen molar-refractivity contribution in [2.75, 3.05) is 13.7 Å². The minimum absolute atomic E-state index is 0.00820. The van der Waals surface area contributed by atoms with E-state index in [4.69, 9.17) is 18.9 Å². The molecule has 0 amide bonds. The Bertz CT molecular complexity index is 800. The summed E-state index contributed by atoms with van der Waals surface area (Å²) in [6, 6.07) is 0. The predicted molar refractivity (Wildman–Crippen MR) is 123 cm³/mol. The Balaban J connectivity index is 1.60. The maximum atomic E-state index is 12.6. The second kappa shape index (κ2) is 9.59. The summed E-state index contributed by atoms with van der Waals surface area (Å²) < 4.78 is 23.7. The van der Waals surface area contributed by atoms with Crippen molar-refractivity contribution in [1.82, 2.24) is 0 Å². The number of ketones is 2. The Morgan fingerprint density at radius 2 is 1.82 bits per heavy atom. The molecule has 33 heavy (non-hydrogen) atoms. The van der Waals surface area contributed by atoms with Crippen molar-refractivity contribution in [2.24, 2.45) is 11.3 Å². The van der Waals surface area contributed by atoms with E-state index >= 15 is 0 Å². The molecule has 7 nitrogen and oxygen atoms in total. The van der Waals surface area contributed by atoms with Crippen molar-refractivity contribution in [2.45, 2.75) is 110 Å². The molecule has 2 aliphatic heterocycles. The quantitative estimate of drug-likeness (QED) is 0.209. The number of allylic oxidation sites excluding steroid dienone is 1. The zero-order valence-electron chi connectivity index (χ0n) is 21.2. The highest BCUT2D eigenvalue weighted by molar-refractivity contribution is 5.97. The van der Waals surface area contributed by atoms with E-state index in [0.717, 1.165) is 12.8 Å². The summed E-state index contributed by atoms with van der Waals surface area (Å²) in [5.41, 5.74) is 0.0609. The van der Waals surface area contributed by atoms with Gasteiger partial charge >= 0.3 is 5.97 Å². The number of methoxy groups -OCH3 is 1. The van der Waals surface area contributed by atoms with Crippen molar-refractivity contribution in [3.63, 3.8) is 0 Å². The Labute approximate surface area is 197 Å². The molecule has 6 atom stereocenters. The maximum Gasteiger partial charge on any atom is 0.313 e. The molecule has 0 radical (unpaired) electrons. The number of carbonyl (C=O) groups excluding carboxylic acids is 3. The highest BCUT2D eigenvalue weighted by Gasteiger charge is 2.72. The van der Waals surface area contributed by atoms with Crippen LogP contribution in [0.3, 0.4) is 0 Å². The van der Waals surface area contributed by atoms with Gasteiger partial charge in [0.15, 0.2) is 0 Å². The standard InChI is InChI=1S/C26H40O7/c1-16(2)8-11-20-25(6,33-20)23-22(30-7)18(12-13-26(23)15-31-26)32-21(29)14-17(27)9-10-19(28)24(3,4)5/h8,18,20,22-23H,9-15H2,1-7H3/t18-,20-,22-,23-,25-,26+/m1/s1. The van der Waals surface area contributed by atoms with Crippen LogP contribution in [0.5, 0.6) is 0 Å². The van der Waals surface area contributed by atoms with Gasteiger partial charge in [0.2, 0.25) is 0 Å². The van der Waals surface area contributed by atoms with Crippen LogP contribution in [-0.2, 0) is 33.3 Å². The molecule has 1 aliphatic carbocycles. The number of carbonyl (C=O) groups is 3. The molecular formula is C26H40O7. The molecule has 2 heterocycles.